The fraction of sp³-hybridized carbons (Fsp3) is 0.429. The lowest BCUT2D eigenvalue weighted by atomic mass is 10.1. The summed E-state index contributed by atoms with van der Waals surface area (Å²) in [5.41, 5.74) is 1.33. The number of hydrogen-bond donors (Lipinski definition) is 1. The molecule has 2 heterocycles. The number of aromatic nitrogens is 1. The molecule has 1 amide bonds. The lowest BCUT2D eigenvalue weighted by Gasteiger charge is -2.32. The van der Waals surface area contributed by atoms with Gasteiger partial charge < -0.3 is 10.2 Å². The molecule has 1 fully saturated rings. The van der Waals surface area contributed by atoms with Crippen molar-refractivity contribution in [1.82, 2.24) is 14.6 Å². The molecule has 0 aliphatic carbocycles. The highest BCUT2D eigenvalue weighted by atomic mass is 32.2. The van der Waals surface area contributed by atoms with Crippen molar-refractivity contribution < 1.29 is 13.2 Å². The lowest BCUT2D eigenvalue weighted by molar-refractivity contribution is 0.0951. The van der Waals surface area contributed by atoms with Crippen molar-refractivity contribution in [2.45, 2.75) is 43.7 Å². The van der Waals surface area contributed by atoms with E-state index < -0.39 is 10.0 Å². The van der Waals surface area contributed by atoms with E-state index in [2.05, 4.69) is 10.3 Å². The Hall–Kier alpha value is -2.45. The van der Waals surface area contributed by atoms with Gasteiger partial charge in [0.25, 0.3) is 5.91 Å². The molecule has 1 unspecified atom stereocenters. The first-order chi connectivity index (χ1) is 13.8. The Morgan fingerprint density at radius 1 is 1.21 bits per heavy atom. The summed E-state index contributed by atoms with van der Waals surface area (Å²) in [6.07, 6.45) is 4.53. The number of nitrogens with zero attached hydrogens (tertiary/aromatic N) is 3. The average molecular weight is 417 g/mol. The van der Waals surface area contributed by atoms with Gasteiger partial charge in [0.05, 0.1) is 4.90 Å². The molecule has 7 nitrogen and oxygen atoms in total. The number of benzene rings is 1. The first kappa shape index (κ1) is 21.3. The van der Waals surface area contributed by atoms with Gasteiger partial charge in [0.2, 0.25) is 10.0 Å². The molecule has 0 saturated carbocycles. The predicted octanol–water partition coefficient (Wildman–Crippen LogP) is 2.64. The zero-order chi connectivity index (χ0) is 21.0. The molecule has 0 radical (unpaired) electrons. The van der Waals surface area contributed by atoms with Crippen LogP contribution in [-0.2, 0) is 16.6 Å². The van der Waals surface area contributed by atoms with Crippen LogP contribution in [0.3, 0.4) is 0 Å². The number of piperidine rings is 1. The van der Waals surface area contributed by atoms with Crippen molar-refractivity contribution in [3.63, 3.8) is 0 Å². The minimum atomic E-state index is -3.54. The highest BCUT2D eigenvalue weighted by Gasteiger charge is 2.30. The molecule has 0 bridgehead atoms. The normalized spacial score (nSPS) is 17.7. The minimum absolute atomic E-state index is 0.00194. The van der Waals surface area contributed by atoms with Gasteiger partial charge in [-0.05, 0) is 50.1 Å². The SMILES string of the molecule is CC1CCCCN1S(=O)(=O)c1ccc(C(=O)NCc2cccnc2N(C)C)cc1. The van der Waals surface area contributed by atoms with Crippen molar-refractivity contribution in [2.24, 2.45) is 0 Å². The Labute approximate surface area is 172 Å². The Morgan fingerprint density at radius 3 is 2.59 bits per heavy atom. The highest BCUT2D eigenvalue weighted by Crippen LogP contribution is 2.25. The lowest BCUT2D eigenvalue weighted by Crippen LogP contribution is -2.41. The average Bonchev–Trinajstić information content (AvgIpc) is 2.72. The molecular formula is C21H28N4O3S. The zero-order valence-corrected chi connectivity index (χ0v) is 17.9. The largest absolute Gasteiger partial charge is 0.362 e. The topological polar surface area (TPSA) is 82.6 Å². The van der Waals surface area contributed by atoms with Crippen LogP contribution in [0.15, 0.2) is 47.5 Å². The summed E-state index contributed by atoms with van der Waals surface area (Å²) in [6, 6.07) is 9.90. The fourth-order valence-corrected chi connectivity index (χ4v) is 5.29. The third-order valence-corrected chi connectivity index (χ3v) is 7.22. The first-order valence-electron chi connectivity index (χ1n) is 9.82. The summed E-state index contributed by atoms with van der Waals surface area (Å²) in [7, 11) is 0.261. The van der Waals surface area contributed by atoms with Gasteiger partial charge in [-0.1, -0.05) is 12.5 Å². The van der Waals surface area contributed by atoms with Gasteiger partial charge in [0.15, 0.2) is 0 Å². The van der Waals surface area contributed by atoms with E-state index in [1.807, 2.05) is 38.1 Å². The summed E-state index contributed by atoms with van der Waals surface area (Å²) >= 11 is 0. The third-order valence-electron chi connectivity index (χ3n) is 5.20. The third kappa shape index (κ3) is 4.76. The van der Waals surface area contributed by atoms with Gasteiger partial charge in [-0.3, -0.25) is 4.79 Å². The van der Waals surface area contributed by atoms with Crippen LogP contribution >= 0.6 is 0 Å². The number of nitrogens with one attached hydrogen (secondary N) is 1. The van der Waals surface area contributed by atoms with E-state index in [0.29, 0.717) is 18.7 Å². The van der Waals surface area contributed by atoms with Gasteiger partial charge in [0, 0.05) is 50.6 Å². The smallest absolute Gasteiger partial charge is 0.251 e. The van der Waals surface area contributed by atoms with Crippen LogP contribution in [-0.4, -0.2) is 50.3 Å². The van der Waals surface area contributed by atoms with Crippen molar-refractivity contribution >= 4 is 21.7 Å². The fourth-order valence-electron chi connectivity index (χ4n) is 3.59. The van der Waals surface area contributed by atoms with E-state index in [-0.39, 0.29) is 16.8 Å². The standard InChI is InChI=1S/C21H28N4O3S/c1-16-7-4-5-14-25(16)29(27,28)19-11-9-17(10-12-19)21(26)23-15-18-8-6-13-22-20(18)24(2)3/h6,8-13,16H,4-5,7,14-15H2,1-3H3,(H,23,26). The van der Waals surface area contributed by atoms with Crippen LogP contribution in [0.4, 0.5) is 5.82 Å². The number of hydrogen-bond acceptors (Lipinski definition) is 5. The van der Waals surface area contributed by atoms with Gasteiger partial charge >= 0.3 is 0 Å². The number of pyridine rings is 1. The summed E-state index contributed by atoms with van der Waals surface area (Å²) in [5, 5.41) is 2.87. The number of amides is 1. The van der Waals surface area contributed by atoms with Crippen LogP contribution in [0.2, 0.25) is 0 Å². The van der Waals surface area contributed by atoms with Crippen LogP contribution in [0.1, 0.15) is 42.1 Å². The first-order valence-corrected chi connectivity index (χ1v) is 11.3. The van der Waals surface area contributed by atoms with E-state index in [1.165, 1.54) is 12.1 Å². The molecule has 156 valence electrons. The van der Waals surface area contributed by atoms with Gasteiger partial charge in [-0.2, -0.15) is 4.31 Å². The second-order valence-electron chi connectivity index (χ2n) is 7.55. The summed E-state index contributed by atoms with van der Waals surface area (Å²) in [6.45, 7) is 2.83. The zero-order valence-electron chi connectivity index (χ0n) is 17.1. The van der Waals surface area contributed by atoms with E-state index >= 15 is 0 Å². The molecule has 0 spiro atoms. The molecule has 1 saturated heterocycles. The summed E-state index contributed by atoms with van der Waals surface area (Å²) in [5.74, 6) is 0.541. The van der Waals surface area contributed by atoms with Gasteiger partial charge in [0.1, 0.15) is 5.82 Å². The van der Waals surface area contributed by atoms with Gasteiger partial charge in [-0.25, -0.2) is 13.4 Å². The number of rotatable bonds is 6. The maximum absolute atomic E-state index is 12.9. The monoisotopic (exact) mass is 416 g/mol. The van der Waals surface area contributed by atoms with E-state index in [9.17, 15) is 13.2 Å². The second-order valence-corrected chi connectivity index (χ2v) is 9.44. The van der Waals surface area contributed by atoms with Crippen LogP contribution in [0, 0.1) is 0 Å². The van der Waals surface area contributed by atoms with E-state index in [1.54, 1.807) is 22.6 Å². The number of carbonyl (C=O) groups excluding carboxylic acids is 1. The maximum atomic E-state index is 12.9. The van der Waals surface area contributed by atoms with Crippen molar-refractivity contribution in [3.05, 3.63) is 53.7 Å². The molecule has 2 aromatic rings. The molecule has 1 aromatic heterocycles. The highest BCUT2D eigenvalue weighted by molar-refractivity contribution is 7.89. The number of anilines is 1. The Morgan fingerprint density at radius 2 is 1.93 bits per heavy atom. The van der Waals surface area contributed by atoms with Crippen LogP contribution in [0.5, 0.6) is 0 Å². The summed E-state index contributed by atoms with van der Waals surface area (Å²) in [4.78, 5) is 18.9. The molecule has 29 heavy (non-hydrogen) atoms. The molecule has 1 aliphatic heterocycles. The van der Waals surface area contributed by atoms with Gasteiger partial charge in [-0.15, -0.1) is 0 Å². The van der Waals surface area contributed by atoms with Crippen LogP contribution in [0.25, 0.3) is 0 Å². The van der Waals surface area contributed by atoms with Crippen LogP contribution < -0.4 is 10.2 Å². The van der Waals surface area contributed by atoms with Crippen molar-refractivity contribution in [1.29, 1.82) is 0 Å². The van der Waals surface area contributed by atoms with Crippen molar-refractivity contribution in [2.75, 3.05) is 25.5 Å². The van der Waals surface area contributed by atoms with Crippen molar-refractivity contribution in [3.8, 4) is 0 Å². The minimum Gasteiger partial charge on any atom is -0.362 e. The molecule has 1 atom stereocenters. The van der Waals surface area contributed by atoms with E-state index in [0.717, 1.165) is 30.6 Å². The Bertz CT molecular complexity index is 958. The predicted molar refractivity (Wildman–Crippen MR) is 113 cm³/mol. The molecule has 3 rings (SSSR count). The second kappa shape index (κ2) is 8.92. The number of sulfonamides is 1. The Kier molecular flexibility index (Phi) is 6.54. The summed E-state index contributed by atoms with van der Waals surface area (Å²) < 4.78 is 27.4. The Balaban J connectivity index is 1.69. The molecule has 1 N–H and O–H groups in total. The van der Waals surface area contributed by atoms with E-state index in [4.69, 9.17) is 0 Å². The molecule has 8 heteroatoms. The quantitative estimate of drug-likeness (QED) is 0.783. The number of carbonyl (C=O) groups is 1. The molecule has 1 aliphatic rings. The maximum Gasteiger partial charge on any atom is 0.251 e. The molecule has 1 aromatic carbocycles. The molecular weight excluding hydrogens is 388 g/mol.